The van der Waals surface area contributed by atoms with E-state index in [4.69, 9.17) is 27.9 Å². The van der Waals surface area contributed by atoms with E-state index in [-0.39, 0.29) is 17.2 Å². The van der Waals surface area contributed by atoms with E-state index in [0.29, 0.717) is 27.0 Å². The normalized spacial score (nSPS) is 10.2. The van der Waals surface area contributed by atoms with Gasteiger partial charge >= 0.3 is 0 Å². The lowest BCUT2D eigenvalue weighted by atomic mass is 10.1. The van der Waals surface area contributed by atoms with E-state index in [1.165, 1.54) is 0 Å². The zero-order chi connectivity index (χ0) is 18.7. The van der Waals surface area contributed by atoms with Crippen LogP contribution in [0.4, 0.5) is 11.6 Å². The number of nitriles is 1. The van der Waals surface area contributed by atoms with Gasteiger partial charge in [-0.25, -0.2) is 4.98 Å². The van der Waals surface area contributed by atoms with Gasteiger partial charge in [-0.05, 0) is 42.5 Å². The van der Waals surface area contributed by atoms with E-state index in [1.807, 2.05) is 6.07 Å². The van der Waals surface area contributed by atoms with Crippen molar-refractivity contribution >= 4 is 34.8 Å². The number of aromatic nitrogens is 2. The maximum absolute atomic E-state index is 12.3. The Morgan fingerprint density at radius 1 is 1.19 bits per heavy atom. The van der Waals surface area contributed by atoms with E-state index in [1.54, 1.807) is 49.6 Å². The van der Waals surface area contributed by atoms with Gasteiger partial charge in [0.1, 0.15) is 17.4 Å². The van der Waals surface area contributed by atoms with Gasteiger partial charge in [-0.15, -0.1) is 0 Å². The summed E-state index contributed by atoms with van der Waals surface area (Å²) < 4.78 is 5.12. The highest BCUT2D eigenvalue weighted by Gasteiger charge is 2.14. The number of benzene rings is 2. The van der Waals surface area contributed by atoms with Gasteiger partial charge in [-0.1, -0.05) is 23.2 Å². The molecule has 0 spiro atoms. The average molecular weight is 387 g/mol. The second kappa shape index (κ2) is 7.48. The van der Waals surface area contributed by atoms with Gasteiger partial charge in [0, 0.05) is 10.6 Å². The zero-order valence-corrected chi connectivity index (χ0v) is 15.0. The van der Waals surface area contributed by atoms with Crippen LogP contribution in [-0.2, 0) is 0 Å². The number of hydrogen-bond acceptors (Lipinski definition) is 5. The van der Waals surface area contributed by atoms with E-state index in [9.17, 15) is 10.1 Å². The van der Waals surface area contributed by atoms with E-state index in [2.05, 4.69) is 15.3 Å². The molecule has 0 saturated heterocycles. The lowest BCUT2D eigenvalue weighted by molar-refractivity contribution is 0.415. The van der Waals surface area contributed by atoms with Crippen molar-refractivity contribution in [2.24, 2.45) is 0 Å². The number of hydrogen-bond donors (Lipinski definition) is 2. The summed E-state index contributed by atoms with van der Waals surface area (Å²) >= 11 is 12.0. The van der Waals surface area contributed by atoms with E-state index < -0.39 is 5.56 Å². The molecule has 0 atom stereocenters. The number of nitrogens with one attached hydrogen (secondary N) is 2. The standard InChI is InChI=1S/C18H12Cl2N4O2/c1-26-12-5-2-10(3-6-12)16-13(9-21)17(25)24-18(23-16)22-15-7-4-11(19)8-14(15)20/h2-8H,1H3,(H2,22,23,24,25). The Morgan fingerprint density at radius 3 is 2.54 bits per heavy atom. The maximum atomic E-state index is 12.3. The molecule has 130 valence electrons. The molecule has 26 heavy (non-hydrogen) atoms. The lowest BCUT2D eigenvalue weighted by Crippen LogP contribution is -2.16. The predicted molar refractivity (Wildman–Crippen MR) is 101 cm³/mol. The van der Waals surface area contributed by atoms with Crippen LogP contribution in [0.3, 0.4) is 0 Å². The van der Waals surface area contributed by atoms with Crippen LogP contribution in [-0.4, -0.2) is 17.1 Å². The first-order valence-corrected chi connectivity index (χ1v) is 8.18. The van der Waals surface area contributed by atoms with Gasteiger partial charge in [0.05, 0.1) is 23.5 Å². The monoisotopic (exact) mass is 386 g/mol. The summed E-state index contributed by atoms with van der Waals surface area (Å²) in [6.45, 7) is 0. The van der Waals surface area contributed by atoms with Crippen LogP contribution in [0.5, 0.6) is 5.75 Å². The second-order valence-corrected chi connectivity index (χ2v) is 6.07. The highest BCUT2D eigenvalue weighted by molar-refractivity contribution is 6.36. The van der Waals surface area contributed by atoms with Crippen molar-refractivity contribution in [1.29, 1.82) is 5.26 Å². The molecule has 6 nitrogen and oxygen atoms in total. The largest absolute Gasteiger partial charge is 0.497 e. The Labute approximate surface area is 159 Å². The summed E-state index contributed by atoms with van der Waals surface area (Å²) in [5.41, 5.74) is 0.749. The van der Waals surface area contributed by atoms with Crippen LogP contribution in [0.2, 0.25) is 10.0 Å². The molecule has 1 aromatic heterocycles. The maximum Gasteiger partial charge on any atom is 0.270 e. The fourth-order valence-electron chi connectivity index (χ4n) is 2.31. The summed E-state index contributed by atoms with van der Waals surface area (Å²) in [6.07, 6.45) is 0. The summed E-state index contributed by atoms with van der Waals surface area (Å²) in [5.74, 6) is 0.812. The van der Waals surface area contributed by atoms with E-state index >= 15 is 0 Å². The van der Waals surface area contributed by atoms with Crippen LogP contribution < -0.4 is 15.6 Å². The number of halogens is 2. The third kappa shape index (κ3) is 3.64. The number of rotatable bonds is 4. The number of methoxy groups -OCH3 is 1. The summed E-state index contributed by atoms with van der Waals surface area (Å²) in [5, 5.41) is 13.1. The van der Waals surface area contributed by atoms with Crippen molar-refractivity contribution in [2.45, 2.75) is 0 Å². The van der Waals surface area contributed by atoms with Gasteiger partial charge < -0.3 is 10.1 Å². The zero-order valence-electron chi connectivity index (χ0n) is 13.5. The highest BCUT2D eigenvalue weighted by atomic mass is 35.5. The number of anilines is 2. The molecular weight excluding hydrogens is 375 g/mol. The number of ether oxygens (including phenoxy) is 1. The first kappa shape index (κ1) is 17.8. The number of nitrogens with zero attached hydrogens (tertiary/aromatic N) is 2. The fourth-order valence-corrected chi connectivity index (χ4v) is 2.77. The molecule has 0 amide bonds. The molecule has 3 rings (SSSR count). The molecule has 1 heterocycles. The number of aromatic amines is 1. The Bertz CT molecular complexity index is 1060. The quantitative estimate of drug-likeness (QED) is 0.694. The Balaban J connectivity index is 2.06. The van der Waals surface area contributed by atoms with Gasteiger partial charge in [0.2, 0.25) is 5.95 Å². The first-order valence-electron chi connectivity index (χ1n) is 7.42. The number of H-pyrrole nitrogens is 1. The van der Waals surface area contributed by atoms with Gasteiger partial charge in [-0.2, -0.15) is 5.26 Å². The molecular formula is C18H12Cl2N4O2. The summed E-state index contributed by atoms with van der Waals surface area (Å²) in [4.78, 5) is 19.2. The SMILES string of the molecule is COc1ccc(-c2nc(Nc3ccc(Cl)cc3Cl)[nH]c(=O)c2C#N)cc1. The molecule has 2 aromatic carbocycles. The Morgan fingerprint density at radius 2 is 1.92 bits per heavy atom. The van der Waals surface area contributed by atoms with Crippen LogP contribution in [0.25, 0.3) is 11.3 Å². The highest BCUT2D eigenvalue weighted by Crippen LogP contribution is 2.28. The smallest absolute Gasteiger partial charge is 0.270 e. The molecule has 0 unspecified atom stereocenters. The van der Waals surface area contributed by atoms with Crippen molar-refractivity contribution < 1.29 is 4.74 Å². The third-order valence-electron chi connectivity index (χ3n) is 3.58. The Kier molecular flexibility index (Phi) is 5.12. The van der Waals surface area contributed by atoms with Crippen molar-refractivity contribution in [3.63, 3.8) is 0 Å². The van der Waals surface area contributed by atoms with Gasteiger partial charge in [0.15, 0.2) is 0 Å². The topological polar surface area (TPSA) is 90.8 Å². The molecule has 0 aliphatic heterocycles. The van der Waals surface area contributed by atoms with Crippen LogP contribution in [0.1, 0.15) is 5.56 Å². The average Bonchev–Trinajstić information content (AvgIpc) is 2.64. The van der Waals surface area contributed by atoms with Crippen molar-refractivity contribution in [2.75, 3.05) is 12.4 Å². The molecule has 0 aliphatic rings. The third-order valence-corrected chi connectivity index (χ3v) is 4.13. The van der Waals surface area contributed by atoms with Crippen molar-refractivity contribution in [1.82, 2.24) is 9.97 Å². The van der Waals surface area contributed by atoms with Crippen LogP contribution >= 0.6 is 23.2 Å². The Hall–Kier alpha value is -3.01. The fraction of sp³-hybridized carbons (Fsp3) is 0.0556. The van der Waals surface area contributed by atoms with Crippen molar-refractivity contribution in [3.8, 4) is 23.1 Å². The minimum absolute atomic E-state index is 0.0806. The minimum atomic E-state index is -0.555. The van der Waals surface area contributed by atoms with Gasteiger partial charge in [-0.3, -0.25) is 9.78 Å². The summed E-state index contributed by atoms with van der Waals surface area (Å²) in [6, 6.07) is 13.7. The molecule has 0 aliphatic carbocycles. The first-order chi connectivity index (χ1) is 12.5. The lowest BCUT2D eigenvalue weighted by Gasteiger charge is -2.10. The molecule has 8 heteroatoms. The molecule has 3 aromatic rings. The molecule has 0 saturated carbocycles. The van der Waals surface area contributed by atoms with Crippen LogP contribution in [0.15, 0.2) is 47.3 Å². The van der Waals surface area contributed by atoms with Crippen LogP contribution in [0, 0.1) is 11.3 Å². The molecule has 0 radical (unpaired) electrons. The van der Waals surface area contributed by atoms with Crippen molar-refractivity contribution in [3.05, 3.63) is 68.4 Å². The second-order valence-electron chi connectivity index (χ2n) is 5.23. The van der Waals surface area contributed by atoms with E-state index in [0.717, 1.165) is 0 Å². The molecule has 0 fully saturated rings. The predicted octanol–water partition coefficient (Wildman–Crippen LogP) is 4.37. The van der Waals surface area contributed by atoms with Gasteiger partial charge in [0.25, 0.3) is 5.56 Å². The minimum Gasteiger partial charge on any atom is -0.497 e. The summed E-state index contributed by atoms with van der Waals surface area (Å²) in [7, 11) is 1.55. The molecule has 0 bridgehead atoms. The molecule has 2 N–H and O–H groups in total.